The fourth-order valence-corrected chi connectivity index (χ4v) is 3.97. The normalized spacial score (nSPS) is 27.9. The van der Waals surface area contributed by atoms with Crippen LogP contribution < -0.4 is 10.6 Å². The van der Waals surface area contributed by atoms with Gasteiger partial charge in [-0.3, -0.25) is 9.69 Å². The molecule has 2 fully saturated rings. The molecule has 1 saturated heterocycles. The van der Waals surface area contributed by atoms with Crippen molar-refractivity contribution >= 4 is 27.8 Å². The molecule has 0 aromatic carbocycles. The highest BCUT2D eigenvalue weighted by molar-refractivity contribution is 7.18. The van der Waals surface area contributed by atoms with Crippen LogP contribution in [0.15, 0.2) is 6.07 Å². The summed E-state index contributed by atoms with van der Waals surface area (Å²) >= 11 is 1.58. The van der Waals surface area contributed by atoms with Crippen LogP contribution in [0.5, 0.6) is 0 Å². The summed E-state index contributed by atoms with van der Waals surface area (Å²) in [5.41, 5.74) is 6.73. The number of anilines is 2. The van der Waals surface area contributed by atoms with Gasteiger partial charge in [-0.05, 0) is 39.8 Å². The first-order chi connectivity index (χ1) is 9.47. The van der Waals surface area contributed by atoms with Crippen LogP contribution in [0.25, 0.3) is 0 Å². The molecule has 0 bridgehead atoms. The van der Waals surface area contributed by atoms with Gasteiger partial charge in [0.25, 0.3) is 0 Å². The van der Waals surface area contributed by atoms with Gasteiger partial charge in [0.05, 0.1) is 15.6 Å². The molecule has 1 aliphatic heterocycles. The average Bonchev–Trinajstić information content (AvgIpc) is 3.18. The third kappa shape index (κ3) is 2.44. The van der Waals surface area contributed by atoms with Gasteiger partial charge in [-0.2, -0.15) is 0 Å². The van der Waals surface area contributed by atoms with Crippen LogP contribution >= 0.6 is 11.3 Å². The predicted molar refractivity (Wildman–Crippen MR) is 84.7 cm³/mol. The molecule has 1 saturated carbocycles. The highest BCUT2D eigenvalue weighted by Crippen LogP contribution is 2.40. The second-order valence-corrected chi connectivity index (χ2v) is 7.31. The van der Waals surface area contributed by atoms with E-state index in [1.54, 1.807) is 11.3 Å². The van der Waals surface area contributed by atoms with Crippen molar-refractivity contribution in [2.24, 2.45) is 5.92 Å². The summed E-state index contributed by atoms with van der Waals surface area (Å²) in [6.45, 7) is 6.49. The van der Waals surface area contributed by atoms with Crippen molar-refractivity contribution in [3.05, 3.63) is 10.9 Å². The SMILES string of the molecule is CC1CN(c2cc(N)c(C(=O)C3CC3)s2)CC(C)N1C. The maximum atomic E-state index is 12.2. The van der Waals surface area contributed by atoms with Crippen molar-refractivity contribution in [3.8, 4) is 0 Å². The zero-order valence-electron chi connectivity index (χ0n) is 12.4. The Kier molecular flexibility index (Phi) is 3.50. The number of Topliss-reactive ketones (excluding diaryl/α,β-unsaturated/α-hetero) is 1. The van der Waals surface area contributed by atoms with E-state index < -0.39 is 0 Å². The molecule has 3 rings (SSSR count). The monoisotopic (exact) mass is 293 g/mol. The van der Waals surface area contributed by atoms with E-state index in [2.05, 4.69) is 30.7 Å². The Labute approximate surface area is 124 Å². The second kappa shape index (κ2) is 5.04. The van der Waals surface area contributed by atoms with Gasteiger partial charge in [0.1, 0.15) is 0 Å². The molecular formula is C15H23N3OS. The smallest absolute Gasteiger partial charge is 0.178 e. The lowest BCUT2D eigenvalue weighted by atomic mass is 10.1. The van der Waals surface area contributed by atoms with Crippen molar-refractivity contribution in [1.82, 2.24) is 4.90 Å². The van der Waals surface area contributed by atoms with E-state index in [0.717, 1.165) is 35.8 Å². The Morgan fingerprint density at radius 2 is 1.90 bits per heavy atom. The van der Waals surface area contributed by atoms with E-state index in [4.69, 9.17) is 5.73 Å². The van der Waals surface area contributed by atoms with Gasteiger partial charge in [0.15, 0.2) is 5.78 Å². The molecular weight excluding hydrogens is 270 g/mol. The predicted octanol–water partition coefficient (Wildman–Crippen LogP) is 2.45. The number of ketones is 1. The zero-order chi connectivity index (χ0) is 14.4. The molecule has 1 aromatic heterocycles. The van der Waals surface area contributed by atoms with Crippen LogP contribution in [0.2, 0.25) is 0 Å². The van der Waals surface area contributed by atoms with E-state index >= 15 is 0 Å². The quantitative estimate of drug-likeness (QED) is 0.870. The van der Waals surface area contributed by atoms with Gasteiger partial charge in [-0.1, -0.05) is 0 Å². The van der Waals surface area contributed by atoms with Gasteiger partial charge < -0.3 is 10.6 Å². The molecule has 5 heteroatoms. The largest absolute Gasteiger partial charge is 0.397 e. The van der Waals surface area contributed by atoms with Crippen LogP contribution in [-0.4, -0.2) is 42.9 Å². The molecule has 4 nitrogen and oxygen atoms in total. The third-order valence-electron chi connectivity index (χ3n) is 4.59. The number of nitrogen functional groups attached to an aromatic ring is 1. The standard InChI is InChI=1S/C15H23N3OS/c1-9-7-18(8-10(2)17(9)3)13-6-12(16)15(20-13)14(19)11-4-5-11/h6,9-11H,4-5,7-8,16H2,1-3H3. The molecule has 2 N–H and O–H groups in total. The molecule has 2 atom stereocenters. The number of carbonyl (C=O) groups is 1. The number of piperazine rings is 1. The van der Waals surface area contributed by atoms with E-state index in [1.807, 2.05) is 6.07 Å². The van der Waals surface area contributed by atoms with E-state index in [-0.39, 0.29) is 11.7 Å². The fourth-order valence-electron chi connectivity index (χ4n) is 2.86. The lowest BCUT2D eigenvalue weighted by molar-refractivity contribution is 0.0972. The minimum atomic E-state index is 0.245. The van der Waals surface area contributed by atoms with Crippen LogP contribution in [0.1, 0.15) is 36.4 Å². The van der Waals surface area contributed by atoms with Crippen LogP contribution in [0.4, 0.5) is 10.7 Å². The summed E-state index contributed by atoms with van der Waals surface area (Å²) in [6.07, 6.45) is 2.07. The molecule has 2 unspecified atom stereocenters. The number of hydrogen-bond donors (Lipinski definition) is 1. The zero-order valence-corrected chi connectivity index (χ0v) is 13.2. The Hall–Kier alpha value is -1.07. The minimum absolute atomic E-state index is 0.245. The van der Waals surface area contributed by atoms with Gasteiger partial charge in [-0.25, -0.2) is 0 Å². The van der Waals surface area contributed by atoms with Gasteiger partial charge in [-0.15, -0.1) is 11.3 Å². The van der Waals surface area contributed by atoms with Crippen LogP contribution in [0.3, 0.4) is 0 Å². The van der Waals surface area contributed by atoms with Crippen molar-refractivity contribution in [2.45, 2.75) is 38.8 Å². The molecule has 0 amide bonds. The number of nitrogens with two attached hydrogens (primary N) is 1. The first kappa shape index (κ1) is 13.9. The Morgan fingerprint density at radius 1 is 1.30 bits per heavy atom. The molecule has 110 valence electrons. The Balaban J connectivity index is 1.80. The van der Waals surface area contributed by atoms with Gasteiger partial charge in [0.2, 0.25) is 0 Å². The Bertz CT molecular complexity index is 511. The molecule has 20 heavy (non-hydrogen) atoms. The lowest BCUT2D eigenvalue weighted by Crippen LogP contribution is -2.54. The van der Waals surface area contributed by atoms with Crippen LogP contribution in [0, 0.1) is 5.92 Å². The summed E-state index contributed by atoms with van der Waals surface area (Å²) in [7, 11) is 2.18. The summed E-state index contributed by atoms with van der Waals surface area (Å²) in [4.78, 5) is 17.8. The fraction of sp³-hybridized carbons (Fsp3) is 0.667. The number of thiophene rings is 1. The molecule has 2 aliphatic rings. The number of carbonyl (C=O) groups excluding carboxylic acids is 1. The maximum absolute atomic E-state index is 12.2. The third-order valence-corrected chi connectivity index (χ3v) is 5.82. The number of likely N-dealkylation sites (N-methyl/N-ethyl adjacent to an activating group) is 1. The summed E-state index contributed by atoms with van der Waals surface area (Å²) in [6, 6.07) is 3.03. The summed E-state index contributed by atoms with van der Waals surface area (Å²) < 4.78 is 0. The van der Waals surface area contributed by atoms with E-state index in [9.17, 15) is 4.79 Å². The number of nitrogens with zero attached hydrogens (tertiary/aromatic N) is 2. The number of rotatable bonds is 3. The molecule has 0 radical (unpaired) electrons. The van der Waals surface area contributed by atoms with Gasteiger partial charge in [0, 0.05) is 31.1 Å². The van der Waals surface area contributed by atoms with Crippen molar-refractivity contribution in [3.63, 3.8) is 0 Å². The highest BCUT2D eigenvalue weighted by Gasteiger charge is 2.34. The maximum Gasteiger partial charge on any atom is 0.178 e. The lowest BCUT2D eigenvalue weighted by Gasteiger charge is -2.42. The number of hydrogen-bond acceptors (Lipinski definition) is 5. The van der Waals surface area contributed by atoms with Crippen molar-refractivity contribution in [2.75, 3.05) is 30.8 Å². The Morgan fingerprint density at radius 3 is 2.45 bits per heavy atom. The van der Waals surface area contributed by atoms with Crippen molar-refractivity contribution in [1.29, 1.82) is 0 Å². The minimum Gasteiger partial charge on any atom is -0.397 e. The molecule has 1 aliphatic carbocycles. The first-order valence-corrected chi connectivity index (χ1v) is 8.19. The van der Waals surface area contributed by atoms with Crippen molar-refractivity contribution < 1.29 is 4.79 Å². The molecule has 1 aromatic rings. The summed E-state index contributed by atoms with van der Waals surface area (Å²) in [5, 5.41) is 1.15. The van der Waals surface area contributed by atoms with E-state index in [0.29, 0.717) is 17.8 Å². The average molecular weight is 293 g/mol. The topological polar surface area (TPSA) is 49.6 Å². The molecule has 0 spiro atoms. The summed E-state index contributed by atoms with van der Waals surface area (Å²) in [5.74, 6) is 0.503. The molecule has 2 heterocycles. The first-order valence-electron chi connectivity index (χ1n) is 7.37. The van der Waals surface area contributed by atoms with E-state index in [1.165, 1.54) is 0 Å². The van der Waals surface area contributed by atoms with Gasteiger partial charge >= 0.3 is 0 Å². The van der Waals surface area contributed by atoms with Crippen LogP contribution in [-0.2, 0) is 0 Å². The second-order valence-electron chi connectivity index (χ2n) is 6.28. The highest BCUT2D eigenvalue weighted by atomic mass is 32.1.